The molecule has 2 fully saturated rings. The number of rotatable bonds is 8. The number of nitrogens with zero attached hydrogens (tertiary/aromatic N) is 4. The van der Waals surface area contributed by atoms with Crippen LogP contribution in [0.15, 0.2) is 21.3 Å². The number of piperazine rings is 1. The first-order valence-corrected chi connectivity index (χ1v) is 14.4. The molecule has 0 saturated carbocycles. The molecule has 0 bridgehead atoms. The molecular formula is C30H42N6O4. The van der Waals surface area contributed by atoms with Gasteiger partial charge in [-0.15, -0.1) is 0 Å². The summed E-state index contributed by atoms with van der Waals surface area (Å²) in [7, 11) is 2.13. The Morgan fingerprint density at radius 3 is 2.55 bits per heavy atom. The number of pyridine rings is 1. The smallest absolute Gasteiger partial charge is 0.254 e. The molecule has 0 radical (unpaired) electrons. The fraction of sp³-hybridized carbons (Fsp3) is 0.567. The van der Waals surface area contributed by atoms with Crippen LogP contribution in [0.3, 0.4) is 0 Å². The third kappa shape index (κ3) is 5.94. The molecule has 2 N–H and O–H groups in total. The second-order valence-electron chi connectivity index (χ2n) is 11.2. The Labute approximate surface area is 235 Å². The summed E-state index contributed by atoms with van der Waals surface area (Å²) in [6.07, 6.45) is 1.88. The number of aryl methyl sites for hydroxylation is 2. The van der Waals surface area contributed by atoms with Gasteiger partial charge in [-0.3, -0.25) is 14.5 Å². The molecule has 0 spiro atoms. The van der Waals surface area contributed by atoms with Crippen LogP contribution in [-0.4, -0.2) is 84.7 Å². The summed E-state index contributed by atoms with van der Waals surface area (Å²) in [5.74, 6) is 0.358. The quantitative estimate of drug-likeness (QED) is 0.441. The lowest BCUT2D eigenvalue weighted by atomic mass is 9.99. The summed E-state index contributed by atoms with van der Waals surface area (Å²) in [6.45, 7) is 14.8. The van der Waals surface area contributed by atoms with E-state index in [2.05, 4.69) is 45.0 Å². The Morgan fingerprint density at radius 1 is 1.15 bits per heavy atom. The fourth-order valence-corrected chi connectivity index (χ4v) is 6.01. The maximum absolute atomic E-state index is 13.9. The van der Waals surface area contributed by atoms with E-state index in [0.29, 0.717) is 40.7 Å². The summed E-state index contributed by atoms with van der Waals surface area (Å²) in [5.41, 5.74) is 5.57. The van der Waals surface area contributed by atoms with E-state index < -0.39 is 0 Å². The van der Waals surface area contributed by atoms with E-state index in [1.165, 1.54) is 0 Å². The lowest BCUT2D eigenvalue weighted by molar-refractivity contribution is 0.0846. The molecule has 3 aromatic rings. The summed E-state index contributed by atoms with van der Waals surface area (Å²) in [5, 5.41) is 3.01. The first-order chi connectivity index (χ1) is 19.2. The number of H-pyrrole nitrogens is 1. The molecule has 2 aromatic heterocycles. The molecule has 5 rings (SSSR count). The number of oxazole rings is 1. The first-order valence-electron chi connectivity index (χ1n) is 14.4. The minimum Gasteiger partial charge on any atom is -0.439 e. The molecule has 0 atom stereocenters. The molecule has 10 nitrogen and oxygen atoms in total. The molecule has 10 heteroatoms. The number of anilines is 1. The molecule has 2 aliphatic rings. The maximum atomic E-state index is 13.9. The van der Waals surface area contributed by atoms with Crippen LogP contribution in [0.5, 0.6) is 0 Å². The zero-order valence-electron chi connectivity index (χ0n) is 24.4. The number of hydrogen-bond donors (Lipinski definition) is 2. The second-order valence-corrected chi connectivity index (χ2v) is 11.2. The zero-order chi connectivity index (χ0) is 28.4. The lowest BCUT2D eigenvalue weighted by Gasteiger charge is -2.36. The summed E-state index contributed by atoms with van der Waals surface area (Å²) >= 11 is 0. The highest BCUT2D eigenvalue weighted by atomic mass is 16.5. The van der Waals surface area contributed by atoms with E-state index in [9.17, 15) is 9.59 Å². The minimum absolute atomic E-state index is 0.134. The maximum Gasteiger partial charge on any atom is 0.254 e. The van der Waals surface area contributed by atoms with Crippen LogP contribution in [0.4, 0.5) is 5.69 Å². The molecule has 4 heterocycles. The van der Waals surface area contributed by atoms with Gasteiger partial charge in [-0.05, 0) is 64.8 Å². The van der Waals surface area contributed by atoms with Crippen molar-refractivity contribution in [2.75, 3.05) is 57.9 Å². The third-order valence-corrected chi connectivity index (χ3v) is 8.34. The number of fused-ring (bicyclic) bond motifs is 1. The number of aromatic amines is 1. The highest BCUT2D eigenvalue weighted by molar-refractivity contribution is 6.07. The predicted octanol–water partition coefficient (Wildman–Crippen LogP) is 3.12. The van der Waals surface area contributed by atoms with Crippen molar-refractivity contribution in [1.82, 2.24) is 25.1 Å². The number of carbonyl (C=O) groups is 1. The largest absolute Gasteiger partial charge is 0.439 e. The monoisotopic (exact) mass is 550 g/mol. The van der Waals surface area contributed by atoms with Gasteiger partial charge in [-0.25, -0.2) is 4.98 Å². The van der Waals surface area contributed by atoms with E-state index in [1.807, 2.05) is 26.8 Å². The Kier molecular flexibility index (Phi) is 8.58. The van der Waals surface area contributed by atoms with Crippen LogP contribution < -0.4 is 15.8 Å². The normalized spacial score (nSPS) is 17.4. The summed E-state index contributed by atoms with van der Waals surface area (Å²) in [6, 6.07) is 4.30. The van der Waals surface area contributed by atoms with Crippen molar-refractivity contribution in [2.45, 2.75) is 59.7 Å². The van der Waals surface area contributed by atoms with Crippen molar-refractivity contribution in [2.24, 2.45) is 0 Å². The van der Waals surface area contributed by atoms with Crippen LogP contribution in [0.1, 0.15) is 58.4 Å². The number of aromatic nitrogens is 2. The Morgan fingerprint density at radius 2 is 1.88 bits per heavy atom. The third-order valence-electron chi connectivity index (χ3n) is 8.34. The number of carbonyl (C=O) groups excluding carboxylic acids is 1. The predicted molar refractivity (Wildman–Crippen MR) is 156 cm³/mol. The number of likely N-dealkylation sites (N-methyl/N-ethyl adjacent to an activating group) is 1. The number of benzene rings is 1. The standard InChI is InChI=1S/C30H42N6O4/c1-6-36(22-7-13-39-14-8-22)24-16-25-28(33-26(40-25)18-35-11-9-34(5)10-12-35)27(21(24)4)30(38)31-17-23-19(2)15-20(3)32-29(23)37/h15-16,22H,6-14,17-18H2,1-5H3,(H,31,38)(H,32,37). The van der Waals surface area contributed by atoms with Crippen LogP contribution in [0.25, 0.3) is 11.1 Å². The van der Waals surface area contributed by atoms with Gasteiger partial charge in [0.2, 0.25) is 5.89 Å². The van der Waals surface area contributed by atoms with Crippen molar-refractivity contribution in [3.8, 4) is 0 Å². The average molecular weight is 551 g/mol. The average Bonchev–Trinajstić information content (AvgIpc) is 3.32. The Bertz CT molecular complexity index is 1420. The van der Waals surface area contributed by atoms with Gasteiger partial charge in [0.05, 0.1) is 12.1 Å². The molecule has 1 amide bonds. The number of amides is 1. The molecule has 1 aromatic carbocycles. The van der Waals surface area contributed by atoms with Gasteiger partial charge in [-0.1, -0.05) is 0 Å². The van der Waals surface area contributed by atoms with E-state index >= 15 is 0 Å². The van der Waals surface area contributed by atoms with Gasteiger partial charge < -0.3 is 29.3 Å². The Balaban J connectivity index is 1.51. The van der Waals surface area contributed by atoms with Crippen molar-refractivity contribution < 1.29 is 13.9 Å². The number of hydrogen-bond acceptors (Lipinski definition) is 8. The molecular weight excluding hydrogens is 508 g/mol. The molecule has 216 valence electrons. The molecule has 40 heavy (non-hydrogen) atoms. The van der Waals surface area contributed by atoms with Crippen molar-refractivity contribution in [3.05, 3.63) is 56.3 Å². The van der Waals surface area contributed by atoms with Gasteiger partial charge in [0.15, 0.2) is 5.58 Å². The van der Waals surface area contributed by atoms with Crippen LogP contribution in [-0.2, 0) is 17.8 Å². The van der Waals surface area contributed by atoms with E-state index in [0.717, 1.165) is 81.3 Å². The highest BCUT2D eigenvalue weighted by Crippen LogP contribution is 2.34. The Hall–Kier alpha value is -3.21. The van der Waals surface area contributed by atoms with Crippen LogP contribution in [0, 0.1) is 20.8 Å². The molecule has 0 unspecified atom stereocenters. The molecule has 2 saturated heterocycles. The van der Waals surface area contributed by atoms with Gasteiger partial charge in [-0.2, -0.15) is 0 Å². The first kappa shape index (κ1) is 28.3. The fourth-order valence-electron chi connectivity index (χ4n) is 6.01. The van der Waals surface area contributed by atoms with E-state index in [1.54, 1.807) is 0 Å². The second kappa shape index (κ2) is 12.1. The molecule has 2 aliphatic heterocycles. The zero-order valence-corrected chi connectivity index (χ0v) is 24.4. The topological polar surface area (TPSA) is 107 Å². The van der Waals surface area contributed by atoms with Crippen molar-refractivity contribution in [3.63, 3.8) is 0 Å². The SMILES string of the molecule is CCN(c1cc2oc(CN3CCN(C)CC3)nc2c(C(=O)NCc2c(C)cc(C)[nH]c2=O)c1C)C1CCOCC1. The van der Waals surface area contributed by atoms with Gasteiger partial charge in [0, 0.05) is 81.5 Å². The van der Waals surface area contributed by atoms with Gasteiger partial charge >= 0.3 is 0 Å². The highest BCUT2D eigenvalue weighted by Gasteiger charge is 2.28. The molecule has 0 aliphatic carbocycles. The van der Waals surface area contributed by atoms with Gasteiger partial charge in [0.1, 0.15) is 5.52 Å². The van der Waals surface area contributed by atoms with Crippen molar-refractivity contribution in [1.29, 1.82) is 0 Å². The minimum atomic E-state index is -0.258. The van der Waals surface area contributed by atoms with Crippen LogP contribution >= 0.6 is 0 Å². The van der Waals surface area contributed by atoms with E-state index in [4.69, 9.17) is 14.1 Å². The van der Waals surface area contributed by atoms with Gasteiger partial charge in [0.25, 0.3) is 11.5 Å². The van der Waals surface area contributed by atoms with Crippen molar-refractivity contribution >= 4 is 22.7 Å². The number of ether oxygens (including phenoxy) is 1. The lowest BCUT2D eigenvalue weighted by Crippen LogP contribution is -2.43. The number of nitrogens with one attached hydrogen (secondary N) is 2. The summed E-state index contributed by atoms with van der Waals surface area (Å²) in [4.78, 5) is 41.2. The van der Waals surface area contributed by atoms with E-state index in [-0.39, 0.29) is 18.0 Å². The summed E-state index contributed by atoms with van der Waals surface area (Å²) < 4.78 is 11.9. The van der Waals surface area contributed by atoms with Crippen LogP contribution in [0.2, 0.25) is 0 Å².